The number of hydrogen-bond acceptors (Lipinski definition) is 4. The molecule has 11 heteroatoms. The highest BCUT2D eigenvalue weighted by Crippen LogP contribution is 2.19. The Morgan fingerprint density at radius 1 is 1.07 bits per heavy atom. The number of rotatable bonds is 5. The van der Waals surface area contributed by atoms with Gasteiger partial charge in [-0.3, -0.25) is 14.7 Å². The lowest BCUT2D eigenvalue weighted by Crippen LogP contribution is -2.55. The molecule has 0 aliphatic carbocycles. The molecule has 158 valence electrons. The minimum absolute atomic E-state index is 0. The molecule has 1 amide bonds. The second-order valence-corrected chi connectivity index (χ2v) is 6.36. The van der Waals surface area contributed by atoms with E-state index in [0.29, 0.717) is 71.5 Å². The molecule has 27 heavy (non-hydrogen) atoms. The van der Waals surface area contributed by atoms with Crippen LogP contribution in [0.2, 0.25) is 0 Å². The summed E-state index contributed by atoms with van der Waals surface area (Å²) in [5.41, 5.74) is 0. The molecule has 2 aliphatic heterocycles. The lowest BCUT2D eigenvalue weighted by atomic mass is 10.3. The van der Waals surface area contributed by atoms with Crippen molar-refractivity contribution in [2.45, 2.75) is 19.5 Å². The molecular formula is C16H29F3IN5O2. The lowest BCUT2D eigenvalue weighted by Gasteiger charge is -2.37. The second-order valence-electron chi connectivity index (χ2n) is 6.36. The number of alkyl halides is 3. The largest absolute Gasteiger partial charge is 0.390 e. The minimum Gasteiger partial charge on any atom is -0.378 e. The van der Waals surface area contributed by atoms with Gasteiger partial charge in [0.1, 0.15) is 0 Å². The van der Waals surface area contributed by atoms with E-state index in [0.717, 1.165) is 0 Å². The van der Waals surface area contributed by atoms with Crippen molar-refractivity contribution in [3.05, 3.63) is 0 Å². The van der Waals surface area contributed by atoms with E-state index in [4.69, 9.17) is 4.74 Å². The Bertz CT molecular complexity index is 479. The summed E-state index contributed by atoms with van der Waals surface area (Å²) in [6, 6.07) is 0. The summed E-state index contributed by atoms with van der Waals surface area (Å²) in [5.74, 6) is 0.614. The maximum absolute atomic E-state index is 12.3. The van der Waals surface area contributed by atoms with Crippen molar-refractivity contribution >= 4 is 35.8 Å². The molecule has 0 spiro atoms. The van der Waals surface area contributed by atoms with Crippen molar-refractivity contribution in [1.82, 2.24) is 20.0 Å². The quantitative estimate of drug-likeness (QED) is 0.342. The van der Waals surface area contributed by atoms with Crippen molar-refractivity contribution < 1.29 is 22.7 Å². The number of hydrogen-bond donors (Lipinski definition) is 1. The molecule has 1 N–H and O–H groups in total. The molecule has 0 aromatic rings. The summed E-state index contributed by atoms with van der Waals surface area (Å²) in [4.78, 5) is 22.2. The molecular weight excluding hydrogens is 478 g/mol. The van der Waals surface area contributed by atoms with Gasteiger partial charge in [-0.25, -0.2) is 0 Å². The topological polar surface area (TPSA) is 60.4 Å². The molecule has 2 saturated heterocycles. The number of ether oxygens (including phenoxy) is 1. The zero-order valence-corrected chi connectivity index (χ0v) is 18.0. The highest BCUT2D eigenvalue weighted by molar-refractivity contribution is 14.0. The van der Waals surface area contributed by atoms with Crippen LogP contribution < -0.4 is 5.32 Å². The number of amides is 1. The molecule has 2 heterocycles. The van der Waals surface area contributed by atoms with Gasteiger partial charge in [0.2, 0.25) is 5.91 Å². The number of piperazine rings is 1. The molecule has 7 nitrogen and oxygen atoms in total. The van der Waals surface area contributed by atoms with Crippen LogP contribution in [0.15, 0.2) is 4.99 Å². The fourth-order valence-electron chi connectivity index (χ4n) is 2.94. The summed E-state index contributed by atoms with van der Waals surface area (Å²) in [6.07, 6.45) is -5.12. The number of nitrogens with zero attached hydrogens (tertiary/aromatic N) is 4. The third-order valence-electron chi connectivity index (χ3n) is 4.39. The summed E-state index contributed by atoms with van der Waals surface area (Å²) in [7, 11) is 0. The first-order valence-electron chi connectivity index (χ1n) is 9.07. The Morgan fingerprint density at radius 3 is 2.26 bits per heavy atom. The summed E-state index contributed by atoms with van der Waals surface area (Å²) < 4.78 is 42.2. The first kappa shape index (κ1) is 24.2. The van der Waals surface area contributed by atoms with Gasteiger partial charge in [0.25, 0.3) is 0 Å². The normalized spacial score (nSPS) is 19.6. The number of carbonyl (C=O) groups excluding carboxylic acids is 1. The molecule has 0 bridgehead atoms. The smallest absolute Gasteiger partial charge is 0.378 e. The molecule has 0 aromatic heterocycles. The molecule has 0 unspecified atom stereocenters. The molecule has 2 aliphatic rings. The Morgan fingerprint density at radius 2 is 1.70 bits per heavy atom. The van der Waals surface area contributed by atoms with E-state index in [-0.39, 0.29) is 36.4 Å². The van der Waals surface area contributed by atoms with Gasteiger partial charge in [-0.1, -0.05) is 0 Å². The summed E-state index contributed by atoms with van der Waals surface area (Å²) in [6.45, 7) is 7.64. The van der Waals surface area contributed by atoms with E-state index >= 15 is 0 Å². The predicted molar refractivity (Wildman–Crippen MR) is 107 cm³/mol. The fraction of sp³-hybridized carbons (Fsp3) is 0.875. The number of morpholine rings is 1. The zero-order valence-electron chi connectivity index (χ0n) is 15.6. The average Bonchev–Trinajstić information content (AvgIpc) is 2.61. The molecule has 0 atom stereocenters. The Labute approximate surface area is 175 Å². The van der Waals surface area contributed by atoms with Crippen LogP contribution in [0, 0.1) is 0 Å². The SMILES string of the molecule is CCNC(=NCCC(F)(F)F)N1CCN(CC(=O)N2CCOCC2)CC1.I. The van der Waals surface area contributed by atoms with Crippen LogP contribution in [0.25, 0.3) is 0 Å². The first-order chi connectivity index (χ1) is 12.4. The zero-order chi connectivity index (χ0) is 19.0. The van der Waals surface area contributed by atoms with Crippen LogP contribution in [-0.2, 0) is 9.53 Å². The molecule has 0 radical (unpaired) electrons. The molecule has 0 saturated carbocycles. The van der Waals surface area contributed by atoms with Crippen molar-refractivity contribution in [1.29, 1.82) is 0 Å². The third kappa shape index (κ3) is 8.81. The number of carbonyl (C=O) groups is 1. The van der Waals surface area contributed by atoms with E-state index in [1.165, 1.54) is 0 Å². The van der Waals surface area contributed by atoms with Gasteiger partial charge in [-0.05, 0) is 6.92 Å². The fourth-order valence-corrected chi connectivity index (χ4v) is 2.94. The third-order valence-corrected chi connectivity index (χ3v) is 4.39. The number of halogens is 4. The van der Waals surface area contributed by atoms with Crippen LogP contribution in [0.3, 0.4) is 0 Å². The monoisotopic (exact) mass is 507 g/mol. The van der Waals surface area contributed by atoms with E-state index in [1.54, 1.807) is 0 Å². The van der Waals surface area contributed by atoms with E-state index < -0.39 is 12.6 Å². The van der Waals surface area contributed by atoms with E-state index in [1.807, 2.05) is 16.7 Å². The van der Waals surface area contributed by atoms with Gasteiger partial charge in [-0.2, -0.15) is 13.2 Å². The predicted octanol–water partition coefficient (Wildman–Crippen LogP) is 0.999. The van der Waals surface area contributed by atoms with Gasteiger partial charge in [0.05, 0.1) is 32.7 Å². The van der Waals surface area contributed by atoms with E-state index in [2.05, 4.69) is 15.2 Å². The van der Waals surface area contributed by atoms with Gasteiger partial charge in [0, 0.05) is 45.8 Å². The van der Waals surface area contributed by atoms with Gasteiger partial charge < -0.3 is 19.9 Å². The van der Waals surface area contributed by atoms with Crippen molar-refractivity contribution in [3.63, 3.8) is 0 Å². The molecule has 0 aromatic carbocycles. The number of nitrogens with one attached hydrogen (secondary N) is 1. The second kappa shape index (κ2) is 11.9. The summed E-state index contributed by atoms with van der Waals surface area (Å²) >= 11 is 0. The Hall–Kier alpha value is -0.820. The maximum Gasteiger partial charge on any atom is 0.390 e. The summed E-state index contributed by atoms with van der Waals surface area (Å²) in [5, 5.41) is 3.05. The van der Waals surface area contributed by atoms with Crippen molar-refractivity contribution in [2.75, 3.05) is 72.1 Å². The Balaban J connectivity index is 0.00000364. The standard InChI is InChI=1S/C16H28F3N5O2.HI/c1-2-20-15(21-4-3-16(17,18)19)24-7-5-22(6-8-24)13-14(25)23-9-11-26-12-10-23;/h2-13H2,1H3,(H,20,21);1H. The van der Waals surface area contributed by atoms with Gasteiger partial charge in [0.15, 0.2) is 5.96 Å². The maximum atomic E-state index is 12.3. The van der Waals surface area contributed by atoms with Crippen LogP contribution in [-0.4, -0.2) is 105 Å². The van der Waals surface area contributed by atoms with E-state index in [9.17, 15) is 18.0 Å². The highest BCUT2D eigenvalue weighted by atomic mass is 127. The first-order valence-corrected chi connectivity index (χ1v) is 9.07. The van der Waals surface area contributed by atoms with Crippen LogP contribution in [0.4, 0.5) is 13.2 Å². The van der Waals surface area contributed by atoms with Crippen LogP contribution in [0.1, 0.15) is 13.3 Å². The minimum atomic E-state index is -4.20. The molecule has 2 rings (SSSR count). The molecule has 2 fully saturated rings. The average molecular weight is 507 g/mol. The van der Waals surface area contributed by atoms with Gasteiger partial charge in [-0.15, -0.1) is 24.0 Å². The van der Waals surface area contributed by atoms with Crippen molar-refractivity contribution in [3.8, 4) is 0 Å². The van der Waals surface area contributed by atoms with Gasteiger partial charge >= 0.3 is 6.18 Å². The van der Waals surface area contributed by atoms with Crippen molar-refractivity contribution in [2.24, 2.45) is 4.99 Å². The van der Waals surface area contributed by atoms with Crippen LogP contribution in [0.5, 0.6) is 0 Å². The lowest BCUT2D eigenvalue weighted by molar-refractivity contribution is -0.136. The van der Waals surface area contributed by atoms with Crippen LogP contribution >= 0.6 is 24.0 Å². The Kier molecular flexibility index (Phi) is 10.7. The number of aliphatic imine (C=N–C) groups is 1. The highest BCUT2D eigenvalue weighted by Gasteiger charge is 2.27. The number of guanidine groups is 1.